The van der Waals surface area contributed by atoms with E-state index in [0.29, 0.717) is 5.56 Å². The largest absolute Gasteiger partial charge is 0.323 e. The van der Waals surface area contributed by atoms with Crippen LogP contribution in [0.25, 0.3) is 0 Å². The van der Waals surface area contributed by atoms with Crippen LogP contribution >= 0.6 is 0 Å². The van der Waals surface area contributed by atoms with E-state index in [2.05, 4.69) is 15.1 Å². The smallest absolute Gasteiger partial charge is 0.265 e. The second kappa shape index (κ2) is 5.43. The Morgan fingerprint density at radius 1 is 1.25 bits per heavy atom. The maximum atomic E-state index is 13.7. The van der Waals surface area contributed by atoms with Gasteiger partial charge in [-0.1, -0.05) is 6.07 Å². The number of nitrogen functional groups attached to an aromatic ring is 1. The fourth-order valence-electron chi connectivity index (χ4n) is 1.62. The molecule has 0 aliphatic carbocycles. The Morgan fingerprint density at radius 3 is 2.65 bits per heavy atom. The van der Waals surface area contributed by atoms with Crippen LogP contribution in [0.5, 0.6) is 0 Å². The van der Waals surface area contributed by atoms with Crippen LogP contribution in [0.1, 0.15) is 5.56 Å². The van der Waals surface area contributed by atoms with Gasteiger partial charge in [-0.15, -0.1) is 0 Å². The van der Waals surface area contributed by atoms with Crippen molar-refractivity contribution in [3.05, 3.63) is 48.0 Å². The lowest BCUT2D eigenvalue weighted by Gasteiger charge is -2.12. The van der Waals surface area contributed by atoms with Crippen molar-refractivity contribution >= 4 is 21.4 Å². The number of hydrazine groups is 1. The molecule has 0 saturated heterocycles. The number of benzene rings is 1. The molecule has 0 unspecified atom stereocenters. The molecular weight excluding hydrogens is 283 g/mol. The predicted octanol–water partition coefficient (Wildman–Crippen LogP) is 1.62. The van der Waals surface area contributed by atoms with E-state index in [4.69, 9.17) is 5.84 Å². The highest BCUT2D eigenvalue weighted by Gasteiger charge is 2.20. The van der Waals surface area contributed by atoms with Gasteiger partial charge in [0.05, 0.1) is 11.4 Å². The van der Waals surface area contributed by atoms with Gasteiger partial charge in [-0.25, -0.2) is 12.8 Å². The molecule has 20 heavy (non-hydrogen) atoms. The average Bonchev–Trinajstić information content (AvgIpc) is 2.42. The molecule has 1 heterocycles. The quantitative estimate of drug-likeness (QED) is 0.588. The highest BCUT2D eigenvalue weighted by molar-refractivity contribution is 7.92. The van der Waals surface area contributed by atoms with Crippen molar-refractivity contribution < 1.29 is 12.8 Å². The Morgan fingerprint density at radius 2 is 2.00 bits per heavy atom. The van der Waals surface area contributed by atoms with E-state index in [1.54, 1.807) is 13.0 Å². The lowest BCUT2D eigenvalue weighted by atomic mass is 10.2. The van der Waals surface area contributed by atoms with E-state index in [0.717, 1.165) is 6.20 Å². The monoisotopic (exact) mass is 296 g/mol. The van der Waals surface area contributed by atoms with Gasteiger partial charge in [0.1, 0.15) is 10.7 Å². The van der Waals surface area contributed by atoms with Crippen LogP contribution in [0.2, 0.25) is 0 Å². The zero-order chi connectivity index (χ0) is 14.8. The number of nitrogens with two attached hydrogens (primary N) is 1. The first-order chi connectivity index (χ1) is 9.44. The van der Waals surface area contributed by atoms with Crippen molar-refractivity contribution in [2.45, 2.75) is 11.8 Å². The summed E-state index contributed by atoms with van der Waals surface area (Å²) in [6.45, 7) is 1.71. The van der Waals surface area contributed by atoms with Crippen molar-refractivity contribution in [3.63, 3.8) is 0 Å². The second-order valence-electron chi connectivity index (χ2n) is 4.10. The van der Waals surface area contributed by atoms with Gasteiger partial charge in [0, 0.05) is 12.4 Å². The van der Waals surface area contributed by atoms with Crippen LogP contribution in [0.3, 0.4) is 0 Å². The van der Waals surface area contributed by atoms with Crippen LogP contribution < -0.4 is 16.0 Å². The Labute approximate surface area is 115 Å². The standard InChI is InChI=1S/C12H13FN4O2S/c1-8-2-3-10(9(13)6-8)17-20(18,19)12-7-15-5-4-11(12)16-14/h2-7,17H,14H2,1H3,(H,15,16). The zero-order valence-electron chi connectivity index (χ0n) is 10.6. The molecule has 4 N–H and O–H groups in total. The molecule has 2 rings (SSSR count). The third-order valence-electron chi connectivity index (χ3n) is 2.60. The second-order valence-corrected chi connectivity index (χ2v) is 5.76. The summed E-state index contributed by atoms with van der Waals surface area (Å²) in [6, 6.07) is 5.60. The van der Waals surface area contributed by atoms with Gasteiger partial charge in [0.2, 0.25) is 0 Å². The molecule has 8 heteroatoms. The van der Waals surface area contributed by atoms with Crippen LogP contribution in [0, 0.1) is 12.7 Å². The van der Waals surface area contributed by atoms with Crippen molar-refractivity contribution in [1.29, 1.82) is 0 Å². The SMILES string of the molecule is Cc1ccc(NS(=O)(=O)c2cnccc2NN)c(F)c1. The minimum Gasteiger partial charge on any atom is -0.323 e. The lowest BCUT2D eigenvalue weighted by Crippen LogP contribution is -2.18. The van der Waals surface area contributed by atoms with Gasteiger partial charge < -0.3 is 5.43 Å². The number of hydrogen-bond donors (Lipinski definition) is 3. The first-order valence-corrected chi connectivity index (χ1v) is 7.12. The number of aryl methyl sites for hydroxylation is 1. The molecule has 6 nitrogen and oxygen atoms in total. The minimum absolute atomic E-state index is 0.137. The normalized spacial score (nSPS) is 11.2. The van der Waals surface area contributed by atoms with Crippen molar-refractivity contribution in [2.24, 2.45) is 5.84 Å². The summed E-state index contributed by atoms with van der Waals surface area (Å²) in [5.41, 5.74) is 2.98. The number of sulfonamides is 1. The Bertz CT molecular complexity index is 734. The third kappa shape index (κ3) is 2.86. The lowest BCUT2D eigenvalue weighted by molar-refractivity contribution is 0.598. The molecule has 0 amide bonds. The molecular formula is C12H13FN4O2S. The first kappa shape index (κ1) is 14.2. The molecule has 1 aromatic carbocycles. The molecule has 0 radical (unpaired) electrons. The molecule has 0 atom stereocenters. The molecule has 2 aromatic rings. The zero-order valence-corrected chi connectivity index (χ0v) is 11.4. The van der Waals surface area contributed by atoms with Crippen molar-refractivity contribution in [3.8, 4) is 0 Å². The molecule has 0 aliphatic heterocycles. The summed E-state index contributed by atoms with van der Waals surface area (Å²) in [5, 5.41) is 0. The number of anilines is 2. The van der Waals surface area contributed by atoms with Crippen LogP contribution in [0.15, 0.2) is 41.6 Å². The summed E-state index contributed by atoms with van der Waals surface area (Å²) in [4.78, 5) is 3.56. The highest BCUT2D eigenvalue weighted by atomic mass is 32.2. The Hall–Kier alpha value is -2.19. The highest BCUT2D eigenvalue weighted by Crippen LogP contribution is 2.23. The van der Waals surface area contributed by atoms with Crippen molar-refractivity contribution in [2.75, 3.05) is 10.1 Å². The van der Waals surface area contributed by atoms with E-state index in [-0.39, 0.29) is 16.3 Å². The van der Waals surface area contributed by atoms with E-state index in [1.165, 1.54) is 24.4 Å². The maximum absolute atomic E-state index is 13.7. The Kier molecular flexibility index (Phi) is 3.86. The topological polar surface area (TPSA) is 97.1 Å². The molecule has 0 bridgehead atoms. The van der Waals surface area contributed by atoms with E-state index < -0.39 is 15.8 Å². The van der Waals surface area contributed by atoms with Crippen molar-refractivity contribution in [1.82, 2.24) is 4.98 Å². The summed E-state index contributed by atoms with van der Waals surface area (Å²) in [7, 11) is -3.99. The number of hydrogen-bond acceptors (Lipinski definition) is 5. The first-order valence-electron chi connectivity index (χ1n) is 5.63. The summed E-state index contributed by atoms with van der Waals surface area (Å²) >= 11 is 0. The predicted molar refractivity (Wildman–Crippen MR) is 74.0 cm³/mol. The van der Waals surface area contributed by atoms with Crippen LogP contribution in [0.4, 0.5) is 15.8 Å². The summed E-state index contributed by atoms with van der Waals surface area (Å²) in [5.74, 6) is 4.59. The van der Waals surface area contributed by atoms with Gasteiger partial charge >= 0.3 is 0 Å². The molecule has 106 valence electrons. The summed E-state index contributed by atoms with van der Waals surface area (Å²) < 4.78 is 40.3. The maximum Gasteiger partial charge on any atom is 0.265 e. The Balaban J connectivity index is 2.41. The molecule has 0 saturated carbocycles. The number of pyridine rings is 1. The van der Waals surface area contributed by atoms with Gasteiger partial charge in [-0.3, -0.25) is 15.5 Å². The molecule has 1 aromatic heterocycles. The van der Waals surface area contributed by atoms with Gasteiger partial charge in [0.15, 0.2) is 0 Å². The molecule has 0 aliphatic rings. The van der Waals surface area contributed by atoms with E-state index in [9.17, 15) is 12.8 Å². The number of nitrogens with zero attached hydrogens (tertiary/aromatic N) is 1. The summed E-state index contributed by atoms with van der Waals surface area (Å²) in [6.07, 6.45) is 2.52. The molecule has 0 fully saturated rings. The third-order valence-corrected chi connectivity index (χ3v) is 3.99. The van der Waals surface area contributed by atoms with E-state index in [1.807, 2.05) is 0 Å². The fraction of sp³-hybridized carbons (Fsp3) is 0.0833. The number of rotatable bonds is 4. The van der Waals surface area contributed by atoms with Crippen LogP contribution in [-0.2, 0) is 10.0 Å². The minimum atomic E-state index is -3.99. The van der Waals surface area contributed by atoms with E-state index >= 15 is 0 Å². The number of nitrogens with one attached hydrogen (secondary N) is 2. The molecule has 0 spiro atoms. The fourth-order valence-corrected chi connectivity index (χ4v) is 2.80. The van der Waals surface area contributed by atoms with Crippen LogP contribution in [-0.4, -0.2) is 13.4 Å². The van der Waals surface area contributed by atoms with Gasteiger partial charge in [-0.05, 0) is 30.7 Å². The number of halogens is 1. The van der Waals surface area contributed by atoms with Gasteiger partial charge in [0.25, 0.3) is 10.0 Å². The average molecular weight is 296 g/mol. The van der Waals surface area contributed by atoms with Gasteiger partial charge in [-0.2, -0.15) is 0 Å². The number of aromatic nitrogens is 1.